The van der Waals surface area contributed by atoms with E-state index in [0.717, 1.165) is 5.56 Å². The zero-order valence-corrected chi connectivity index (χ0v) is 12.3. The molecule has 0 unspecified atom stereocenters. The molecule has 0 bridgehead atoms. The van der Waals surface area contributed by atoms with E-state index >= 15 is 0 Å². The van der Waals surface area contributed by atoms with Gasteiger partial charge in [-0.2, -0.15) is 0 Å². The Morgan fingerprint density at radius 3 is 2.60 bits per heavy atom. The van der Waals surface area contributed by atoms with Gasteiger partial charge in [-0.1, -0.05) is 35.3 Å². The van der Waals surface area contributed by atoms with Crippen LogP contribution in [0.1, 0.15) is 15.9 Å². The molecule has 20 heavy (non-hydrogen) atoms. The van der Waals surface area contributed by atoms with Crippen molar-refractivity contribution in [2.75, 3.05) is 12.4 Å². The second kappa shape index (κ2) is 6.64. The Bertz CT molecular complexity index is 629. The number of hydrogen-bond acceptors (Lipinski definition) is 3. The zero-order chi connectivity index (χ0) is 14.5. The lowest BCUT2D eigenvalue weighted by Gasteiger charge is -2.11. The van der Waals surface area contributed by atoms with Crippen molar-refractivity contribution in [2.45, 2.75) is 6.54 Å². The summed E-state index contributed by atoms with van der Waals surface area (Å²) in [5.41, 5.74) is 2.08. The molecule has 0 radical (unpaired) electrons. The molecule has 104 valence electrons. The van der Waals surface area contributed by atoms with Crippen LogP contribution >= 0.6 is 23.2 Å². The van der Waals surface area contributed by atoms with Gasteiger partial charge >= 0.3 is 5.97 Å². The molecule has 0 aliphatic heterocycles. The van der Waals surface area contributed by atoms with E-state index in [0.29, 0.717) is 27.8 Å². The molecule has 3 nitrogen and oxygen atoms in total. The largest absolute Gasteiger partial charge is 0.465 e. The van der Waals surface area contributed by atoms with E-state index in [4.69, 9.17) is 27.9 Å². The molecule has 5 heteroatoms. The topological polar surface area (TPSA) is 38.3 Å². The molecule has 0 heterocycles. The Kier molecular flexibility index (Phi) is 4.88. The third kappa shape index (κ3) is 3.65. The molecular weight excluding hydrogens is 297 g/mol. The first-order valence-corrected chi connectivity index (χ1v) is 6.72. The Morgan fingerprint density at radius 1 is 1.15 bits per heavy atom. The fraction of sp³-hybridized carbons (Fsp3) is 0.133. The molecule has 2 aromatic carbocycles. The van der Waals surface area contributed by atoms with Gasteiger partial charge in [0.05, 0.1) is 18.4 Å². The highest BCUT2D eigenvalue weighted by Crippen LogP contribution is 2.23. The summed E-state index contributed by atoms with van der Waals surface area (Å²) >= 11 is 11.9. The average Bonchev–Trinajstić information content (AvgIpc) is 2.44. The summed E-state index contributed by atoms with van der Waals surface area (Å²) in [6.07, 6.45) is 0. The summed E-state index contributed by atoms with van der Waals surface area (Å²) in [4.78, 5) is 11.7. The first kappa shape index (κ1) is 14.7. The lowest BCUT2D eigenvalue weighted by atomic mass is 10.1. The quantitative estimate of drug-likeness (QED) is 0.851. The van der Waals surface area contributed by atoms with Crippen molar-refractivity contribution in [3.8, 4) is 0 Å². The van der Waals surface area contributed by atoms with Gasteiger partial charge in [-0.25, -0.2) is 4.79 Å². The van der Waals surface area contributed by atoms with Crippen LogP contribution in [0.4, 0.5) is 5.69 Å². The SMILES string of the molecule is COC(=O)c1ccc(Cl)cc1NCc1cccc(Cl)c1. The van der Waals surface area contributed by atoms with Crippen molar-refractivity contribution in [1.82, 2.24) is 0 Å². The van der Waals surface area contributed by atoms with Crippen LogP contribution in [0.2, 0.25) is 10.0 Å². The van der Waals surface area contributed by atoms with Crippen LogP contribution in [0, 0.1) is 0 Å². The third-order valence-corrected chi connectivity index (χ3v) is 3.23. The number of anilines is 1. The minimum Gasteiger partial charge on any atom is -0.465 e. The summed E-state index contributed by atoms with van der Waals surface area (Å²) < 4.78 is 4.74. The van der Waals surface area contributed by atoms with E-state index in [1.54, 1.807) is 18.2 Å². The number of rotatable bonds is 4. The van der Waals surface area contributed by atoms with E-state index in [9.17, 15) is 4.79 Å². The van der Waals surface area contributed by atoms with Crippen molar-refractivity contribution in [3.63, 3.8) is 0 Å². The van der Waals surface area contributed by atoms with Crippen molar-refractivity contribution in [3.05, 3.63) is 63.6 Å². The van der Waals surface area contributed by atoms with E-state index < -0.39 is 5.97 Å². The summed E-state index contributed by atoms with van der Waals surface area (Å²) in [6.45, 7) is 0.533. The number of methoxy groups -OCH3 is 1. The minimum absolute atomic E-state index is 0.407. The predicted octanol–water partition coefficient (Wildman–Crippen LogP) is 4.39. The highest BCUT2D eigenvalue weighted by molar-refractivity contribution is 6.31. The maximum Gasteiger partial charge on any atom is 0.339 e. The van der Waals surface area contributed by atoms with Gasteiger partial charge in [-0.05, 0) is 35.9 Å². The highest BCUT2D eigenvalue weighted by atomic mass is 35.5. The van der Waals surface area contributed by atoms with Crippen LogP contribution in [-0.2, 0) is 11.3 Å². The van der Waals surface area contributed by atoms with Crippen molar-refractivity contribution in [2.24, 2.45) is 0 Å². The fourth-order valence-electron chi connectivity index (χ4n) is 1.79. The maximum absolute atomic E-state index is 11.7. The number of ether oxygens (including phenoxy) is 1. The molecular formula is C15H13Cl2NO2. The normalized spacial score (nSPS) is 10.2. The smallest absolute Gasteiger partial charge is 0.339 e. The summed E-state index contributed by atoms with van der Waals surface area (Å²) in [5, 5.41) is 4.39. The molecule has 0 amide bonds. The summed E-state index contributed by atoms with van der Waals surface area (Å²) in [5.74, 6) is -0.407. The molecule has 2 aromatic rings. The standard InChI is InChI=1S/C15H13Cl2NO2/c1-20-15(19)13-6-5-12(17)8-14(13)18-9-10-3-2-4-11(16)7-10/h2-8,18H,9H2,1H3. The molecule has 0 aliphatic rings. The molecule has 2 rings (SSSR count). The number of esters is 1. The number of benzene rings is 2. The van der Waals surface area contributed by atoms with Crippen LogP contribution < -0.4 is 5.32 Å². The third-order valence-electron chi connectivity index (χ3n) is 2.76. The van der Waals surface area contributed by atoms with Crippen LogP contribution in [0.3, 0.4) is 0 Å². The number of hydrogen-bond donors (Lipinski definition) is 1. The van der Waals surface area contributed by atoms with Crippen molar-refractivity contribution < 1.29 is 9.53 Å². The summed E-state index contributed by atoms with van der Waals surface area (Å²) in [6, 6.07) is 12.5. The van der Waals surface area contributed by atoms with Gasteiger partial charge in [-0.15, -0.1) is 0 Å². The summed E-state index contributed by atoms with van der Waals surface area (Å²) in [7, 11) is 1.34. The first-order chi connectivity index (χ1) is 9.60. The van der Waals surface area contributed by atoms with Gasteiger partial charge in [0.15, 0.2) is 0 Å². The Morgan fingerprint density at radius 2 is 1.90 bits per heavy atom. The van der Waals surface area contributed by atoms with Gasteiger partial charge in [0.25, 0.3) is 0 Å². The van der Waals surface area contributed by atoms with E-state index in [-0.39, 0.29) is 0 Å². The lowest BCUT2D eigenvalue weighted by Crippen LogP contribution is -2.08. The van der Waals surface area contributed by atoms with Crippen LogP contribution in [0.15, 0.2) is 42.5 Å². The Balaban J connectivity index is 2.20. The first-order valence-electron chi connectivity index (χ1n) is 5.96. The molecule has 0 fully saturated rings. The molecule has 0 atom stereocenters. The van der Waals surface area contributed by atoms with Gasteiger partial charge in [0.1, 0.15) is 0 Å². The molecule has 0 spiro atoms. The minimum atomic E-state index is -0.407. The van der Waals surface area contributed by atoms with Crippen molar-refractivity contribution >= 4 is 34.9 Å². The van der Waals surface area contributed by atoms with E-state index in [1.807, 2.05) is 24.3 Å². The molecule has 0 saturated carbocycles. The fourth-order valence-corrected chi connectivity index (χ4v) is 2.18. The monoisotopic (exact) mass is 309 g/mol. The van der Waals surface area contributed by atoms with Crippen LogP contribution in [0.5, 0.6) is 0 Å². The van der Waals surface area contributed by atoms with Gasteiger partial charge < -0.3 is 10.1 Å². The zero-order valence-electron chi connectivity index (χ0n) is 10.8. The Hall–Kier alpha value is -1.71. The van der Waals surface area contributed by atoms with E-state index in [1.165, 1.54) is 7.11 Å². The lowest BCUT2D eigenvalue weighted by molar-refractivity contribution is 0.0602. The van der Waals surface area contributed by atoms with Crippen LogP contribution in [-0.4, -0.2) is 13.1 Å². The number of carbonyl (C=O) groups excluding carboxylic acids is 1. The number of carbonyl (C=O) groups is 1. The second-order valence-electron chi connectivity index (χ2n) is 4.16. The van der Waals surface area contributed by atoms with Crippen LogP contribution in [0.25, 0.3) is 0 Å². The number of nitrogens with one attached hydrogen (secondary N) is 1. The Labute approximate surface area is 127 Å². The van der Waals surface area contributed by atoms with E-state index in [2.05, 4.69) is 5.32 Å². The molecule has 0 aliphatic carbocycles. The average molecular weight is 310 g/mol. The second-order valence-corrected chi connectivity index (χ2v) is 5.04. The number of halogens is 2. The highest BCUT2D eigenvalue weighted by Gasteiger charge is 2.12. The molecule has 0 saturated heterocycles. The molecule has 0 aromatic heterocycles. The van der Waals surface area contributed by atoms with Gasteiger partial charge in [-0.3, -0.25) is 0 Å². The van der Waals surface area contributed by atoms with Gasteiger partial charge in [0.2, 0.25) is 0 Å². The molecule has 1 N–H and O–H groups in total. The predicted molar refractivity (Wildman–Crippen MR) is 81.6 cm³/mol. The van der Waals surface area contributed by atoms with Crippen molar-refractivity contribution in [1.29, 1.82) is 0 Å². The maximum atomic E-state index is 11.7. The van der Waals surface area contributed by atoms with Gasteiger partial charge in [0, 0.05) is 16.6 Å².